The summed E-state index contributed by atoms with van der Waals surface area (Å²) in [6.07, 6.45) is 0. The van der Waals surface area contributed by atoms with Crippen molar-refractivity contribution < 1.29 is 18.9 Å². The van der Waals surface area contributed by atoms with Crippen molar-refractivity contribution in [3.63, 3.8) is 0 Å². The number of hydrogen-bond donors (Lipinski definition) is 1. The molecule has 8 heteroatoms. The third-order valence-electron chi connectivity index (χ3n) is 6.14. The van der Waals surface area contributed by atoms with E-state index in [4.69, 9.17) is 34.6 Å². The van der Waals surface area contributed by atoms with Crippen LogP contribution in [0.25, 0.3) is 22.2 Å². The van der Waals surface area contributed by atoms with Gasteiger partial charge in [-0.1, -0.05) is 6.07 Å². The van der Waals surface area contributed by atoms with E-state index < -0.39 is 0 Å². The van der Waals surface area contributed by atoms with Crippen molar-refractivity contribution in [2.75, 3.05) is 47.6 Å². The first-order valence-electron chi connectivity index (χ1n) is 9.97. The molecule has 30 heavy (non-hydrogen) atoms. The van der Waals surface area contributed by atoms with Crippen molar-refractivity contribution in [1.29, 1.82) is 0 Å². The quantitative estimate of drug-likeness (QED) is 0.648. The second kappa shape index (κ2) is 7.09. The number of hydrogen-bond acceptors (Lipinski definition) is 7. The molecule has 1 aromatic heterocycles. The van der Waals surface area contributed by atoms with E-state index in [9.17, 15) is 0 Å². The Hall–Kier alpha value is -2.94. The van der Waals surface area contributed by atoms with E-state index in [1.54, 1.807) is 21.3 Å². The zero-order chi connectivity index (χ0) is 20.9. The molecule has 0 atom stereocenters. The summed E-state index contributed by atoms with van der Waals surface area (Å²) in [4.78, 5) is 9.93. The van der Waals surface area contributed by atoms with Gasteiger partial charge in [-0.25, -0.2) is 4.48 Å². The van der Waals surface area contributed by atoms with Crippen molar-refractivity contribution in [3.05, 3.63) is 29.8 Å². The van der Waals surface area contributed by atoms with Crippen LogP contribution in [0, 0.1) is 0 Å². The van der Waals surface area contributed by atoms with E-state index in [-0.39, 0.29) is 0 Å². The smallest absolute Gasteiger partial charge is 0.335 e. The first-order valence-corrected chi connectivity index (χ1v) is 9.97. The number of morpholine rings is 1. The summed E-state index contributed by atoms with van der Waals surface area (Å²) < 4.78 is 23.2. The van der Waals surface area contributed by atoms with Gasteiger partial charge in [-0.3, -0.25) is 0 Å². The van der Waals surface area contributed by atoms with Gasteiger partial charge in [-0.15, -0.1) is 0 Å². The Morgan fingerprint density at radius 1 is 1.03 bits per heavy atom. The Balaban J connectivity index is 1.85. The van der Waals surface area contributed by atoms with Crippen LogP contribution in [0.5, 0.6) is 17.2 Å². The van der Waals surface area contributed by atoms with Crippen molar-refractivity contribution in [2.24, 2.45) is 5.73 Å². The Morgan fingerprint density at radius 2 is 1.80 bits per heavy atom. The van der Waals surface area contributed by atoms with Crippen LogP contribution in [0.4, 0.5) is 11.6 Å². The molecule has 0 aliphatic carbocycles. The van der Waals surface area contributed by atoms with E-state index >= 15 is 0 Å². The molecule has 0 amide bonds. The molecule has 4 heterocycles. The molecule has 3 aliphatic heterocycles. The molecular formula is C22H25N4O4+. The third-order valence-corrected chi connectivity index (χ3v) is 6.14. The largest absolute Gasteiger partial charge is 0.493 e. The van der Waals surface area contributed by atoms with Crippen LogP contribution >= 0.6 is 0 Å². The maximum atomic E-state index is 6.14. The minimum Gasteiger partial charge on any atom is -0.493 e. The van der Waals surface area contributed by atoms with Crippen LogP contribution in [-0.4, -0.2) is 57.6 Å². The molecule has 3 aromatic rings. The molecule has 4 bridgehead atoms. The monoisotopic (exact) mass is 409 g/mol. The molecule has 0 unspecified atom stereocenters. The van der Waals surface area contributed by atoms with Gasteiger partial charge in [0.15, 0.2) is 17.2 Å². The van der Waals surface area contributed by atoms with E-state index in [0.29, 0.717) is 41.5 Å². The highest BCUT2D eigenvalue weighted by Crippen LogP contribution is 2.52. The van der Waals surface area contributed by atoms with Crippen LogP contribution in [0.1, 0.15) is 5.56 Å². The number of nitrogens with two attached hydrogens (primary N) is 1. The van der Waals surface area contributed by atoms with E-state index in [0.717, 1.165) is 46.8 Å². The average molecular weight is 409 g/mol. The molecule has 8 nitrogen and oxygen atoms in total. The van der Waals surface area contributed by atoms with Gasteiger partial charge in [0.1, 0.15) is 13.1 Å². The summed E-state index contributed by atoms with van der Waals surface area (Å²) >= 11 is 0. The number of rotatable bonds is 5. The van der Waals surface area contributed by atoms with E-state index in [1.807, 2.05) is 12.1 Å². The Kier molecular flexibility index (Phi) is 4.50. The van der Waals surface area contributed by atoms with Crippen molar-refractivity contribution >= 4 is 22.5 Å². The SMILES string of the molecule is COc1cc(CN)c(-c2nc3nc4cccc(c24)[N+]32CCOCC2)c(OC)c1OC. The molecule has 0 radical (unpaired) electrons. The number of aromatic nitrogens is 2. The van der Waals surface area contributed by atoms with Gasteiger partial charge < -0.3 is 24.7 Å². The van der Waals surface area contributed by atoms with Gasteiger partial charge in [0.2, 0.25) is 5.75 Å². The van der Waals surface area contributed by atoms with Gasteiger partial charge in [-0.2, -0.15) is 9.97 Å². The second-order valence-electron chi connectivity index (χ2n) is 7.45. The summed E-state index contributed by atoms with van der Waals surface area (Å²) in [6.45, 7) is 3.31. The minimum absolute atomic E-state index is 0.308. The lowest BCUT2D eigenvalue weighted by molar-refractivity contribution is 0.0614. The van der Waals surface area contributed by atoms with Gasteiger partial charge in [0, 0.05) is 12.6 Å². The summed E-state index contributed by atoms with van der Waals surface area (Å²) in [5, 5.41) is 1.02. The Labute approximate surface area is 174 Å². The fourth-order valence-electron chi connectivity index (χ4n) is 4.71. The number of benzene rings is 2. The predicted molar refractivity (Wildman–Crippen MR) is 115 cm³/mol. The summed E-state index contributed by atoms with van der Waals surface area (Å²) in [5.74, 6) is 2.45. The highest BCUT2D eigenvalue weighted by atomic mass is 16.5. The van der Waals surface area contributed by atoms with Crippen molar-refractivity contribution in [1.82, 2.24) is 14.5 Å². The van der Waals surface area contributed by atoms with Crippen LogP contribution in [-0.2, 0) is 11.3 Å². The zero-order valence-electron chi connectivity index (χ0n) is 17.4. The molecule has 2 N–H and O–H groups in total. The van der Waals surface area contributed by atoms with Crippen LogP contribution < -0.4 is 24.4 Å². The molecule has 156 valence electrons. The first-order chi connectivity index (χ1) is 14.7. The molecule has 1 spiro atoms. The number of fused-ring (bicyclic) bond motifs is 1. The highest BCUT2D eigenvalue weighted by Gasteiger charge is 2.45. The summed E-state index contributed by atoms with van der Waals surface area (Å²) in [5.41, 5.74) is 10.8. The number of ether oxygens (including phenoxy) is 4. The van der Waals surface area contributed by atoms with E-state index in [2.05, 4.69) is 12.1 Å². The number of quaternary nitrogens is 1. The lowest BCUT2D eigenvalue weighted by Crippen LogP contribution is -2.54. The first kappa shape index (κ1) is 19.0. The lowest BCUT2D eigenvalue weighted by atomic mass is 9.95. The molecule has 0 saturated carbocycles. The summed E-state index contributed by atoms with van der Waals surface area (Å²) in [7, 11) is 4.82. The van der Waals surface area contributed by atoms with E-state index in [1.165, 1.54) is 5.69 Å². The van der Waals surface area contributed by atoms with Crippen LogP contribution in [0.2, 0.25) is 0 Å². The molecule has 1 fully saturated rings. The lowest BCUT2D eigenvalue weighted by Gasteiger charge is -2.41. The molecule has 3 aliphatic rings. The normalized spacial score (nSPS) is 16.4. The number of methoxy groups -OCH3 is 3. The minimum atomic E-state index is 0.308. The topological polar surface area (TPSA) is 88.7 Å². The van der Waals surface area contributed by atoms with Crippen LogP contribution in [0.15, 0.2) is 24.3 Å². The van der Waals surface area contributed by atoms with Gasteiger partial charge >= 0.3 is 5.95 Å². The highest BCUT2D eigenvalue weighted by molar-refractivity contribution is 6.06. The number of nitrogens with zero attached hydrogens (tertiary/aromatic N) is 3. The fraction of sp³-hybridized carbons (Fsp3) is 0.364. The maximum Gasteiger partial charge on any atom is 0.335 e. The fourth-order valence-corrected chi connectivity index (χ4v) is 4.71. The summed E-state index contributed by atoms with van der Waals surface area (Å²) in [6, 6.07) is 8.15. The zero-order valence-corrected chi connectivity index (χ0v) is 17.4. The Bertz CT molecular complexity index is 1140. The molecular weight excluding hydrogens is 384 g/mol. The second-order valence-corrected chi connectivity index (χ2v) is 7.45. The molecule has 6 rings (SSSR count). The van der Waals surface area contributed by atoms with Crippen molar-refractivity contribution in [2.45, 2.75) is 6.54 Å². The standard InChI is InChI=1S/C22H25N4O4/c1-27-16-11-13(12-23)17(21(29-3)20(16)28-2)19-18-14-5-4-6-15(18)26(22(24-14)25-19)7-9-30-10-8-26/h4-6,11H,7-10,12,23H2,1-3H3/q+1. The molecule has 1 saturated heterocycles. The maximum absolute atomic E-state index is 6.14. The predicted octanol–water partition coefficient (Wildman–Crippen LogP) is 2.76. The average Bonchev–Trinajstić information content (AvgIpc) is 2.81. The molecule has 2 aromatic carbocycles. The van der Waals surface area contributed by atoms with Gasteiger partial charge in [0.05, 0.1) is 56.7 Å². The van der Waals surface area contributed by atoms with Gasteiger partial charge in [0.25, 0.3) is 0 Å². The van der Waals surface area contributed by atoms with Gasteiger partial charge in [-0.05, 0) is 17.7 Å². The van der Waals surface area contributed by atoms with Crippen LogP contribution in [0.3, 0.4) is 0 Å². The van der Waals surface area contributed by atoms with Crippen molar-refractivity contribution in [3.8, 4) is 28.5 Å². The Morgan fingerprint density at radius 3 is 2.47 bits per heavy atom. The third kappa shape index (κ3) is 2.44.